The lowest BCUT2D eigenvalue weighted by Crippen LogP contribution is -2.10. The van der Waals surface area contributed by atoms with Crippen molar-refractivity contribution in [1.82, 2.24) is 20.2 Å². The van der Waals surface area contributed by atoms with Crippen molar-refractivity contribution in [1.29, 1.82) is 0 Å². The molecule has 2 aromatic carbocycles. The summed E-state index contributed by atoms with van der Waals surface area (Å²) in [6.07, 6.45) is 7.20. The summed E-state index contributed by atoms with van der Waals surface area (Å²) in [4.78, 5) is 36.6. The lowest BCUT2D eigenvalue weighted by molar-refractivity contribution is 0.0693. The normalized spacial score (nSPS) is 10.8. The van der Waals surface area contributed by atoms with E-state index >= 15 is 0 Å². The molecule has 0 unspecified atom stereocenters. The van der Waals surface area contributed by atoms with E-state index in [1.54, 1.807) is 19.1 Å². The number of aromatic nitrogens is 4. The molecule has 0 saturated heterocycles. The Bertz CT molecular complexity index is 1710. The van der Waals surface area contributed by atoms with E-state index in [2.05, 4.69) is 32.2 Å². The summed E-state index contributed by atoms with van der Waals surface area (Å²) in [5, 5.41) is 21.1. The minimum absolute atomic E-state index is 0.0472. The Morgan fingerprint density at radius 2 is 1.54 bits per heavy atom. The molecule has 2 heterocycles. The molecule has 13 nitrogen and oxygen atoms in total. The van der Waals surface area contributed by atoms with Crippen molar-refractivity contribution in [2.75, 3.05) is 27.1 Å². The van der Waals surface area contributed by atoms with Crippen LogP contribution in [0.2, 0.25) is 5.15 Å². The fraction of sp³-hybridized carbons (Fsp3) is 0.343. The van der Waals surface area contributed by atoms with Gasteiger partial charge in [-0.3, -0.25) is 0 Å². The molecular formula is C35H40ClN5O8S. The van der Waals surface area contributed by atoms with Gasteiger partial charge in [0.1, 0.15) is 24.1 Å². The van der Waals surface area contributed by atoms with Crippen molar-refractivity contribution in [2.24, 2.45) is 5.16 Å². The van der Waals surface area contributed by atoms with Gasteiger partial charge in [0.25, 0.3) is 0 Å². The van der Waals surface area contributed by atoms with Crippen LogP contribution >= 0.6 is 23.4 Å². The van der Waals surface area contributed by atoms with Gasteiger partial charge in [-0.05, 0) is 31.2 Å². The highest BCUT2D eigenvalue weighted by atomic mass is 35.5. The highest BCUT2D eigenvalue weighted by Crippen LogP contribution is 2.31. The topological polar surface area (TPSA) is 164 Å². The van der Waals surface area contributed by atoms with Gasteiger partial charge in [0.2, 0.25) is 11.8 Å². The number of oxime groups is 1. The van der Waals surface area contributed by atoms with Crippen LogP contribution in [0, 0.1) is 0 Å². The molecule has 266 valence electrons. The number of carbonyl (C=O) groups excluding carboxylic acids is 1. The Morgan fingerprint density at radius 1 is 0.860 bits per heavy atom. The SMILES string of the molecule is CCCCCCCCSC(=O)Oc1cc(Cl)nnc1-c1ccccc1.CON=C(C)c1cccc(Oc2nc(OC)cc(OC)n2)c1C(=O)O. The number of unbranched alkanes of at least 4 members (excludes halogenated alkanes) is 5. The lowest BCUT2D eigenvalue weighted by atomic mass is 10.0. The van der Waals surface area contributed by atoms with Gasteiger partial charge in [-0.15, -0.1) is 10.2 Å². The summed E-state index contributed by atoms with van der Waals surface area (Å²) >= 11 is 7.10. The van der Waals surface area contributed by atoms with Crippen LogP contribution < -0.4 is 18.9 Å². The van der Waals surface area contributed by atoms with Gasteiger partial charge in [0.15, 0.2) is 10.9 Å². The highest BCUT2D eigenvalue weighted by molar-refractivity contribution is 8.13. The number of carbonyl (C=O) groups is 2. The molecule has 0 fully saturated rings. The number of hydrogen-bond acceptors (Lipinski definition) is 13. The van der Waals surface area contributed by atoms with E-state index in [1.165, 1.54) is 77.0 Å². The van der Waals surface area contributed by atoms with Crippen molar-refractivity contribution in [3.8, 4) is 40.5 Å². The standard InChI is InChI=1S/C19H23ClN2O2S.C16H17N3O6/c1-2-3-4-5-6-10-13-25-19(23)24-16-14-17(20)21-22-18(16)15-11-8-7-9-12-15;1-9(19-24-4)10-6-5-7-11(14(10)15(20)21)25-16-17-12(22-2)8-13(18-16)23-3/h7-9,11-12,14H,2-6,10,13H2,1H3;5-8H,1-4H3,(H,20,21). The number of methoxy groups -OCH3 is 2. The largest absolute Gasteiger partial charge is 0.481 e. The first-order valence-electron chi connectivity index (χ1n) is 15.7. The van der Waals surface area contributed by atoms with Gasteiger partial charge in [-0.2, -0.15) is 9.97 Å². The van der Waals surface area contributed by atoms with Gasteiger partial charge in [-0.25, -0.2) is 9.59 Å². The number of carboxylic acid groups (broad SMARTS) is 1. The number of benzene rings is 2. The first-order valence-corrected chi connectivity index (χ1v) is 17.1. The number of hydrogen-bond donors (Lipinski definition) is 1. The first-order chi connectivity index (χ1) is 24.2. The Kier molecular flexibility index (Phi) is 16.7. The molecule has 15 heteroatoms. The average molecular weight is 726 g/mol. The maximum atomic E-state index is 12.1. The third-order valence-corrected chi connectivity index (χ3v) is 7.82. The van der Waals surface area contributed by atoms with Crippen LogP contribution in [0.4, 0.5) is 4.79 Å². The van der Waals surface area contributed by atoms with Crippen molar-refractivity contribution < 1.29 is 38.5 Å². The maximum Gasteiger partial charge on any atom is 0.372 e. The zero-order valence-corrected chi connectivity index (χ0v) is 30.1. The molecule has 0 amide bonds. The molecular weight excluding hydrogens is 686 g/mol. The summed E-state index contributed by atoms with van der Waals surface area (Å²) in [6.45, 7) is 3.83. The second-order valence-corrected chi connectivity index (χ2v) is 11.8. The molecule has 0 atom stereocenters. The second kappa shape index (κ2) is 21.2. The zero-order valence-electron chi connectivity index (χ0n) is 28.6. The van der Waals surface area contributed by atoms with Crippen LogP contribution in [-0.4, -0.2) is 69.3 Å². The van der Waals surface area contributed by atoms with E-state index < -0.39 is 5.97 Å². The molecule has 4 aromatic rings. The van der Waals surface area contributed by atoms with E-state index in [0.29, 0.717) is 22.7 Å². The molecule has 0 aliphatic carbocycles. The average Bonchev–Trinajstić information content (AvgIpc) is 3.11. The fourth-order valence-electron chi connectivity index (χ4n) is 4.44. The Morgan fingerprint density at radius 3 is 2.18 bits per heavy atom. The minimum atomic E-state index is -1.19. The first kappa shape index (κ1) is 39.5. The quantitative estimate of drug-likeness (QED) is 0.0505. The molecule has 2 aromatic heterocycles. The van der Waals surface area contributed by atoms with Crippen LogP contribution in [0.15, 0.2) is 65.8 Å². The van der Waals surface area contributed by atoms with Crippen molar-refractivity contribution in [3.05, 3.63) is 76.9 Å². The predicted octanol–water partition coefficient (Wildman–Crippen LogP) is 8.74. The fourth-order valence-corrected chi connectivity index (χ4v) is 5.25. The lowest BCUT2D eigenvalue weighted by Gasteiger charge is -2.12. The van der Waals surface area contributed by atoms with E-state index in [-0.39, 0.29) is 39.5 Å². The molecule has 1 N–H and O–H groups in total. The number of halogens is 1. The van der Waals surface area contributed by atoms with Crippen molar-refractivity contribution >= 4 is 40.3 Å². The van der Waals surface area contributed by atoms with Crippen LogP contribution in [0.1, 0.15) is 68.3 Å². The number of aromatic carboxylic acids is 1. The van der Waals surface area contributed by atoms with Crippen LogP contribution in [0.3, 0.4) is 0 Å². The van der Waals surface area contributed by atoms with Gasteiger partial charge < -0.3 is 28.9 Å². The van der Waals surface area contributed by atoms with E-state index in [4.69, 9.17) is 35.4 Å². The third-order valence-electron chi connectivity index (χ3n) is 6.82. The molecule has 50 heavy (non-hydrogen) atoms. The second-order valence-electron chi connectivity index (χ2n) is 10.4. The van der Waals surface area contributed by atoms with Gasteiger partial charge >= 0.3 is 17.3 Å². The van der Waals surface area contributed by atoms with E-state index in [9.17, 15) is 14.7 Å². The van der Waals surface area contributed by atoms with Gasteiger partial charge in [-0.1, -0.05) is 98.2 Å². The Labute approximate surface area is 300 Å². The van der Waals surface area contributed by atoms with Crippen LogP contribution in [0.25, 0.3) is 11.3 Å². The van der Waals surface area contributed by atoms with Crippen LogP contribution in [-0.2, 0) is 4.84 Å². The highest BCUT2D eigenvalue weighted by Gasteiger charge is 2.21. The minimum Gasteiger partial charge on any atom is -0.481 e. The molecule has 4 rings (SSSR count). The molecule has 0 aliphatic heterocycles. The van der Waals surface area contributed by atoms with Gasteiger partial charge in [0.05, 0.1) is 26.0 Å². The Balaban J connectivity index is 0.000000270. The molecule has 0 bridgehead atoms. The molecule has 0 saturated carbocycles. The summed E-state index contributed by atoms with van der Waals surface area (Å²) in [6, 6.07) is 17.1. The monoisotopic (exact) mass is 725 g/mol. The predicted molar refractivity (Wildman–Crippen MR) is 192 cm³/mol. The zero-order chi connectivity index (χ0) is 36.3. The van der Waals surface area contributed by atoms with E-state index in [1.807, 2.05) is 30.3 Å². The van der Waals surface area contributed by atoms with Crippen LogP contribution in [0.5, 0.6) is 29.3 Å². The smallest absolute Gasteiger partial charge is 0.372 e. The number of carboxylic acids is 1. The molecule has 0 aliphatic rings. The maximum absolute atomic E-state index is 12.1. The summed E-state index contributed by atoms with van der Waals surface area (Å²) in [5.41, 5.74) is 1.98. The summed E-state index contributed by atoms with van der Waals surface area (Å²) in [7, 11) is 4.24. The molecule has 0 radical (unpaired) electrons. The summed E-state index contributed by atoms with van der Waals surface area (Å²) in [5.74, 6) is 0.389. The van der Waals surface area contributed by atoms with Gasteiger partial charge in [0, 0.05) is 22.9 Å². The number of thioether (sulfide) groups is 1. The van der Waals surface area contributed by atoms with Crippen molar-refractivity contribution in [3.63, 3.8) is 0 Å². The summed E-state index contributed by atoms with van der Waals surface area (Å²) < 4.78 is 21.1. The number of ether oxygens (including phenoxy) is 4. The Hall–Kier alpha value is -4.95. The third kappa shape index (κ3) is 12.5. The number of rotatable bonds is 16. The molecule has 0 spiro atoms. The number of nitrogens with zero attached hydrogens (tertiary/aromatic N) is 5. The van der Waals surface area contributed by atoms with Crippen molar-refractivity contribution in [2.45, 2.75) is 52.4 Å². The van der Waals surface area contributed by atoms with E-state index in [0.717, 1.165) is 24.2 Å².